The fraction of sp³-hybridized carbons (Fsp3) is 0.421. The van der Waals surface area contributed by atoms with Crippen molar-refractivity contribution >= 4 is 5.69 Å². The molecule has 1 fully saturated rings. The second-order valence-electron chi connectivity index (χ2n) is 6.82. The summed E-state index contributed by atoms with van der Waals surface area (Å²) in [6.45, 7) is 0.791. The van der Waals surface area contributed by atoms with Crippen molar-refractivity contribution < 1.29 is 0 Å². The summed E-state index contributed by atoms with van der Waals surface area (Å²) in [5.74, 6) is 1.40. The Balaban J connectivity index is 1.49. The van der Waals surface area contributed by atoms with E-state index in [-0.39, 0.29) is 0 Å². The molecule has 0 atom stereocenters. The van der Waals surface area contributed by atoms with Gasteiger partial charge in [-0.15, -0.1) is 0 Å². The van der Waals surface area contributed by atoms with Gasteiger partial charge in [0.2, 0.25) is 0 Å². The highest BCUT2D eigenvalue weighted by Gasteiger charge is 2.21. The monoisotopic (exact) mass is 336 g/mol. The quantitative estimate of drug-likeness (QED) is 0.742. The van der Waals surface area contributed by atoms with Crippen molar-refractivity contribution in [2.24, 2.45) is 7.05 Å². The van der Waals surface area contributed by atoms with Gasteiger partial charge >= 0.3 is 0 Å². The molecule has 1 aromatic carbocycles. The second-order valence-corrected chi connectivity index (χ2v) is 6.82. The number of nitrogens with zero attached hydrogens (tertiary/aromatic N) is 4. The first-order valence-corrected chi connectivity index (χ1v) is 9.01. The number of H-pyrrole nitrogens is 1. The van der Waals surface area contributed by atoms with Crippen LogP contribution in [0.4, 0.5) is 5.69 Å². The summed E-state index contributed by atoms with van der Waals surface area (Å²) < 4.78 is 1.95. The van der Waals surface area contributed by atoms with Crippen molar-refractivity contribution in [2.45, 2.75) is 44.6 Å². The predicted molar refractivity (Wildman–Crippen MR) is 98.2 cm³/mol. The Bertz CT molecular complexity index is 814. The molecule has 1 saturated carbocycles. The van der Waals surface area contributed by atoms with Crippen molar-refractivity contribution in [1.29, 1.82) is 0 Å². The van der Waals surface area contributed by atoms with Crippen LogP contribution >= 0.6 is 0 Å². The van der Waals surface area contributed by atoms with Gasteiger partial charge in [0, 0.05) is 42.5 Å². The molecular formula is C19H24N6. The Hall–Kier alpha value is -2.63. The van der Waals surface area contributed by atoms with Gasteiger partial charge in [-0.3, -0.25) is 9.78 Å². The maximum atomic E-state index is 4.76. The standard InChI is InChI=1S/C19H24N6/c1-25-12-16(18(24-25)14-6-3-2-4-7-14)11-20-17-9-5-8-15(10-17)19-21-13-22-23-19/h5,8-10,12-14,20H,2-4,6-7,11H2,1H3,(H,21,22,23). The van der Waals surface area contributed by atoms with E-state index in [0.717, 1.165) is 23.6 Å². The third-order valence-electron chi connectivity index (χ3n) is 4.96. The van der Waals surface area contributed by atoms with E-state index in [2.05, 4.69) is 38.8 Å². The third kappa shape index (κ3) is 3.57. The number of benzene rings is 1. The molecule has 0 amide bonds. The summed E-state index contributed by atoms with van der Waals surface area (Å²) in [5, 5.41) is 15.1. The molecule has 2 N–H and O–H groups in total. The maximum absolute atomic E-state index is 4.76. The molecule has 0 bridgehead atoms. The largest absolute Gasteiger partial charge is 0.381 e. The Morgan fingerprint density at radius 2 is 2.12 bits per heavy atom. The van der Waals surface area contributed by atoms with E-state index in [0.29, 0.717) is 5.92 Å². The number of rotatable bonds is 5. The first-order chi connectivity index (χ1) is 12.3. The van der Waals surface area contributed by atoms with E-state index in [4.69, 9.17) is 5.10 Å². The molecular weight excluding hydrogens is 312 g/mol. The van der Waals surface area contributed by atoms with Gasteiger partial charge in [0.15, 0.2) is 5.82 Å². The van der Waals surface area contributed by atoms with Crippen LogP contribution in [0.3, 0.4) is 0 Å². The Morgan fingerprint density at radius 3 is 2.92 bits per heavy atom. The van der Waals surface area contributed by atoms with E-state index in [1.54, 1.807) is 0 Å². The van der Waals surface area contributed by atoms with Gasteiger partial charge in [0.05, 0.1) is 5.69 Å². The zero-order valence-electron chi connectivity index (χ0n) is 14.6. The summed E-state index contributed by atoms with van der Waals surface area (Å²) in [6.07, 6.45) is 10.2. The average Bonchev–Trinajstić information content (AvgIpc) is 3.31. The minimum atomic E-state index is 0.618. The number of aromatic nitrogens is 5. The molecule has 130 valence electrons. The number of hydrogen-bond donors (Lipinski definition) is 2. The molecule has 0 unspecified atom stereocenters. The summed E-state index contributed by atoms with van der Waals surface area (Å²) in [4.78, 5) is 4.22. The molecule has 0 spiro atoms. The second kappa shape index (κ2) is 7.09. The third-order valence-corrected chi connectivity index (χ3v) is 4.96. The lowest BCUT2D eigenvalue weighted by atomic mass is 9.85. The molecule has 6 nitrogen and oxygen atoms in total. The SMILES string of the molecule is Cn1cc(CNc2cccc(-c3ncn[nH]3)c2)c(C2CCCCC2)n1. The minimum Gasteiger partial charge on any atom is -0.381 e. The van der Waals surface area contributed by atoms with Crippen LogP contribution in [-0.4, -0.2) is 25.0 Å². The van der Waals surface area contributed by atoms with Crippen LogP contribution in [0.15, 0.2) is 36.8 Å². The van der Waals surface area contributed by atoms with E-state index in [9.17, 15) is 0 Å². The highest BCUT2D eigenvalue weighted by atomic mass is 15.3. The molecule has 0 aliphatic heterocycles. The summed E-state index contributed by atoms with van der Waals surface area (Å²) in [5.41, 5.74) is 4.69. The van der Waals surface area contributed by atoms with Crippen molar-refractivity contribution in [3.63, 3.8) is 0 Å². The highest BCUT2D eigenvalue weighted by Crippen LogP contribution is 2.33. The van der Waals surface area contributed by atoms with Gasteiger partial charge in [-0.2, -0.15) is 10.2 Å². The van der Waals surface area contributed by atoms with Crippen LogP contribution in [-0.2, 0) is 13.6 Å². The Labute approximate surface area is 147 Å². The van der Waals surface area contributed by atoms with Crippen molar-refractivity contribution in [3.05, 3.63) is 48.0 Å². The highest BCUT2D eigenvalue weighted by molar-refractivity contribution is 5.62. The van der Waals surface area contributed by atoms with Crippen LogP contribution < -0.4 is 5.32 Å². The molecule has 3 aromatic rings. The lowest BCUT2D eigenvalue weighted by molar-refractivity contribution is 0.432. The van der Waals surface area contributed by atoms with Crippen molar-refractivity contribution in [3.8, 4) is 11.4 Å². The van der Waals surface area contributed by atoms with Gasteiger partial charge in [-0.25, -0.2) is 4.98 Å². The number of aryl methyl sites for hydroxylation is 1. The van der Waals surface area contributed by atoms with Crippen LogP contribution in [0.5, 0.6) is 0 Å². The molecule has 1 aliphatic rings. The fourth-order valence-electron chi connectivity index (χ4n) is 3.73. The zero-order chi connectivity index (χ0) is 17.1. The van der Waals surface area contributed by atoms with Crippen molar-refractivity contribution in [1.82, 2.24) is 25.0 Å². The summed E-state index contributed by atoms with van der Waals surface area (Å²) >= 11 is 0. The van der Waals surface area contributed by atoms with Crippen LogP contribution in [0.2, 0.25) is 0 Å². The molecule has 6 heteroatoms. The van der Waals surface area contributed by atoms with Crippen molar-refractivity contribution in [2.75, 3.05) is 5.32 Å². The smallest absolute Gasteiger partial charge is 0.155 e. The van der Waals surface area contributed by atoms with Gasteiger partial charge in [-0.05, 0) is 25.0 Å². The fourth-order valence-corrected chi connectivity index (χ4v) is 3.73. The first kappa shape index (κ1) is 15.9. The molecule has 2 aromatic heterocycles. The number of hydrogen-bond acceptors (Lipinski definition) is 4. The predicted octanol–water partition coefficient (Wildman–Crippen LogP) is 3.87. The Kier molecular flexibility index (Phi) is 4.50. The van der Waals surface area contributed by atoms with Gasteiger partial charge < -0.3 is 5.32 Å². The first-order valence-electron chi connectivity index (χ1n) is 9.01. The topological polar surface area (TPSA) is 71.4 Å². The molecule has 4 rings (SSSR count). The molecule has 25 heavy (non-hydrogen) atoms. The maximum Gasteiger partial charge on any atom is 0.155 e. The molecule has 2 heterocycles. The average molecular weight is 336 g/mol. The molecule has 0 saturated heterocycles. The molecule has 1 aliphatic carbocycles. The number of nitrogens with one attached hydrogen (secondary N) is 2. The molecule has 0 radical (unpaired) electrons. The van der Waals surface area contributed by atoms with E-state index < -0.39 is 0 Å². The van der Waals surface area contributed by atoms with Gasteiger partial charge in [0.1, 0.15) is 6.33 Å². The van der Waals surface area contributed by atoms with Gasteiger partial charge in [-0.1, -0.05) is 31.4 Å². The normalized spacial score (nSPS) is 15.4. The Morgan fingerprint density at radius 1 is 1.24 bits per heavy atom. The van der Waals surface area contributed by atoms with Crippen LogP contribution in [0, 0.1) is 0 Å². The van der Waals surface area contributed by atoms with Crippen LogP contribution in [0.1, 0.15) is 49.3 Å². The zero-order valence-corrected chi connectivity index (χ0v) is 14.6. The van der Waals surface area contributed by atoms with E-state index >= 15 is 0 Å². The van der Waals surface area contributed by atoms with E-state index in [1.807, 2.05) is 23.9 Å². The lowest BCUT2D eigenvalue weighted by Gasteiger charge is -2.21. The number of aromatic amines is 1. The summed E-state index contributed by atoms with van der Waals surface area (Å²) in [7, 11) is 2.01. The lowest BCUT2D eigenvalue weighted by Crippen LogP contribution is -2.09. The number of anilines is 1. The van der Waals surface area contributed by atoms with E-state index in [1.165, 1.54) is 49.7 Å². The summed E-state index contributed by atoms with van der Waals surface area (Å²) in [6, 6.07) is 8.24. The van der Waals surface area contributed by atoms with Gasteiger partial charge in [0.25, 0.3) is 0 Å². The van der Waals surface area contributed by atoms with Crippen LogP contribution in [0.25, 0.3) is 11.4 Å². The minimum absolute atomic E-state index is 0.618.